The second kappa shape index (κ2) is 4.68. The maximum absolute atomic E-state index is 13.0. The fourth-order valence-electron chi connectivity index (χ4n) is 2.09. The highest BCUT2D eigenvalue weighted by Crippen LogP contribution is 2.40. The Morgan fingerprint density at radius 3 is 2.71 bits per heavy atom. The maximum atomic E-state index is 13.0. The fourth-order valence-corrected chi connectivity index (χ4v) is 2.09. The molecule has 0 radical (unpaired) electrons. The lowest BCUT2D eigenvalue weighted by atomic mass is 9.87. The van der Waals surface area contributed by atoms with Crippen molar-refractivity contribution >= 4 is 0 Å². The summed E-state index contributed by atoms with van der Waals surface area (Å²) in [6.45, 7) is 1.86. The molecule has 1 fully saturated rings. The molecule has 0 aliphatic heterocycles. The van der Waals surface area contributed by atoms with E-state index in [9.17, 15) is 8.78 Å². The van der Waals surface area contributed by atoms with Gasteiger partial charge in [0.1, 0.15) is 0 Å². The number of halogens is 2. The second-order valence-electron chi connectivity index (χ2n) is 4.86. The van der Waals surface area contributed by atoms with Crippen LogP contribution in [0.4, 0.5) is 8.78 Å². The predicted octanol–water partition coefficient (Wildman–Crippen LogP) is 2.25. The van der Waals surface area contributed by atoms with Crippen molar-refractivity contribution in [3.05, 3.63) is 11.7 Å². The van der Waals surface area contributed by atoms with Gasteiger partial charge in [0, 0.05) is 31.2 Å². The fraction of sp³-hybridized carbons (Fsp3) is 0.818. The highest BCUT2D eigenvalue weighted by Gasteiger charge is 2.37. The zero-order valence-electron chi connectivity index (χ0n) is 9.83. The Balaban J connectivity index is 1.97. The number of alkyl halides is 2. The van der Waals surface area contributed by atoms with Crippen molar-refractivity contribution in [1.29, 1.82) is 0 Å². The van der Waals surface area contributed by atoms with E-state index in [0.29, 0.717) is 31.0 Å². The van der Waals surface area contributed by atoms with Crippen LogP contribution in [0.1, 0.15) is 50.2 Å². The van der Waals surface area contributed by atoms with Crippen molar-refractivity contribution < 1.29 is 13.3 Å². The zero-order valence-corrected chi connectivity index (χ0v) is 9.83. The Morgan fingerprint density at radius 1 is 1.47 bits per heavy atom. The first-order valence-corrected chi connectivity index (χ1v) is 5.92. The van der Waals surface area contributed by atoms with Gasteiger partial charge in [-0.2, -0.15) is 4.98 Å². The second-order valence-corrected chi connectivity index (χ2v) is 4.86. The van der Waals surface area contributed by atoms with Gasteiger partial charge in [-0.1, -0.05) is 5.16 Å². The molecule has 2 rings (SSSR count). The summed E-state index contributed by atoms with van der Waals surface area (Å²) in [6, 6.07) is -0.0314. The van der Waals surface area contributed by atoms with E-state index in [1.165, 1.54) is 0 Å². The van der Waals surface area contributed by atoms with Gasteiger partial charge in [-0.05, 0) is 19.8 Å². The summed E-state index contributed by atoms with van der Waals surface area (Å²) in [5, 5.41) is 3.81. The van der Waals surface area contributed by atoms with Gasteiger partial charge in [-0.15, -0.1) is 0 Å². The van der Waals surface area contributed by atoms with Crippen LogP contribution >= 0.6 is 0 Å². The predicted molar refractivity (Wildman–Crippen MR) is 57.8 cm³/mol. The third-order valence-corrected chi connectivity index (χ3v) is 3.05. The molecule has 0 spiro atoms. The van der Waals surface area contributed by atoms with Gasteiger partial charge in [0.2, 0.25) is 11.8 Å². The van der Waals surface area contributed by atoms with Crippen molar-refractivity contribution in [2.45, 2.75) is 56.9 Å². The van der Waals surface area contributed by atoms with Crippen molar-refractivity contribution in [3.63, 3.8) is 0 Å². The van der Waals surface area contributed by atoms with Crippen LogP contribution in [0.25, 0.3) is 0 Å². The number of aromatic nitrogens is 2. The lowest BCUT2D eigenvalue weighted by molar-refractivity contribution is -0.0402. The third-order valence-electron chi connectivity index (χ3n) is 3.05. The van der Waals surface area contributed by atoms with Crippen molar-refractivity contribution in [1.82, 2.24) is 10.1 Å². The summed E-state index contributed by atoms with van der Waals surface area (Å²) in [7, 11) is 0. The third kappa shape index (κ3) is 3.21. The molecular formula is C11H17F2N3O. The lowest BCUT2D eigenvalue weighted by Gasteiger charge is -2.25. The van der Waals surface area contributed by atoms with Gasteiger partial charge in [-0.3, -0.25) is 0 Å². The number of rotatable bonds is 3. The first kappa shape index (κ1) is 12.4. The smallest absolute Gasteiger partial charge is 0.248 e. The topological polar surface area (TPSA) is 64.9 Å². The zero-order chi connectivity index (χ0) is 12.5. The molecule has 0 aromatic carbocycles. The molecule has 0 bridgehead atoms. The minimum atomic E-state index is -2.52. The summed E-state index contributed by atoms with van der Waals surface area (Å²) in [6.07, 6.45) is 1.18. The molecule has 1 saturated carbocycles. The molecule has 1 aromatic rings. The molecule has 1 atom stereocenters. The van der Waals surface area contributed by atoms with E-state index in [4.69, 9.17) is 10.3 Å². The number of hydrogen-bond acceptors (Lipinski definition) is 4. The summed E-state index contributed by atoms with van der Waals surface area (Å²) < 4.78 is 31.1. The molecular weight excluding hydrogens is 228 g/mol. The van der Waals surface area contributed by atoms with E-state index in [-0.39, 0.29) is 24.8 Å². The van der Waals surface area contributed by atoms with Crippen LogP contribution in [0, 0.1) is 0 Å². The van der Waals surface area contributed by atoms with E-state index in [1.807, 2.05) is 6.92 Å². The molecule has 17 heavy (non-hydrogen) atoms. The molecule has 2 N–H and O–H groups in total. The molecule has 1 aliphatic carbocycles. The van der Waals surface area contributed by atoms with Gasteiger partial charge in [0.05, 0.1) is 0 Å². The number of nitrogens with zero attached hydrogens (tertiary/aromatic N) is 2. The lowest BCUT2D eigenvalue weighted by Crippen LogP contribution is -2.23. The van der Waals surface area contributed by atoms with Crippen LogP contribution in [0.3, 0.4) is 0 Å². The van der Waals surface area contributed by atoms with Crippen LogP contribution in [-0.4, -0.2) is 22.1 Å². The first-order valence-electron chi connectivity index (χ1n) is 5.92. The maximum Gasteiger partial charge on any atom is 0.248 e. The van der Waals surface area contributed by atoms with Crippen LogP contribution in [0.5, 0.6) is 0 Å². The first-order chi connectivity index (χ1) is 7.96. The molecule has 6 heteroatoms. The number of hydrogen-bond donors (Lipinski definition) is 1. The van der Waals surface area contributed by atoms with Crippen LogP contribution in [0.15, 0.2) is 4.52 Å². The van der Waals surface area contributed by atoms with Crippen molar-refractivity contribution in [2.24, 2.45) is 5.73 Å². The molecule has 0 amide bonds. The normalized spacial score (nSPS) is 22.6. The SMILES string of the molecule is CC(N)Cc1noc(C2CCC(F)(F)CC2)n1. The van der Waals surface area contributed by atoms with E-state index < -0.39 is 5.92 Å². The van der Waals surface area contributed by atoms with E-state index >= 15 is 0 Å². The van der Waals surface area contributed by atoms with Gasteiger partial charge >= 0.3 is 0 Å². The average molecular weight is 245 g/mol. The minimum Gasteiger partial charge on any atom is -0.339 e. The van der Waals surface area contributed by atoms with Crippen molar-refractivity contribution in [2.75, 3.05) is 0 Å². The molecule has 1 aromatic heterocycles. The molecule has 1 heterocycles. The van der Waals surface area contributed by atoms with Crippen LogP contribution < -0.4 is 5.73 Å². The minimum absolute atomic E-state index is 0.0241. The Kier molecular flexibility index (Phi) is 3.42. The summed E-state index contributed by atoms with van der Waals surface area (Å²) >= 11 is 0. The van der Waals surface area contributed by atoms with Crippen LogP contribution in [-0.2, 0) is 6.42 Å². The average Bonchev–Trinajstić information content (AvgIpc) is 2.65. The molecule has 0 saturated heterocycles. The highest BCUT2D eigenvalue weighted by atomic mass is 19.3. The van der Waals surface area contributed by atoms with Gasteiger partial charge < -0.3 is 10.3 Å². The van der Waals surface area contributed by atoms with Gasteiger partial charge in [0.15, 0.2) is 5.82 Å². The Labute approximate surface area is 98.6 Å². The Morgan fingerprint density at radius 2 is 2.12 bits per heavy atom. The van der Waals surface area contributed by atoms with Crippen LogP contribution in [0.2, 0.25) is 0 Å². The van der Waals surface area contributed by atoms with Gasteiger partial charge in [0.25, 0.3) is 0 Å². The molecule has 1 unspecified atom stereocenters. The largest absolute Gasteiger partial charge is 0.339 e. The monoisotopic (exact) mass is 245 g/mol. The van der Waals surface area contributed by atoms with E-state index in [2.05, 4.69) is 10.1 Å². The molecule has 4 nitrogen and oxygen atoms in total. The highest BCUT2D eigenvalue weighted by molar-refractivity contribution is 4.98. The molecule has 1 aliphatic rings. The Bertz CT molecular complexity index is 369. The summed E-state index contributed by atoms with van der Waals surface area (Å²) in [4.78, 5) is 4.22. The summed E-state index contributed by atoms with van der Waals surface area (Å²) in [5.41, 5.74) is 5.63. The standard InChI is InChI=1S/C11H17F2N3O/c1-7(14)6-9-15-10(17-16-9)8-2-4-11(12,13)5-3-8/h7-8H,2-6,14H2,1H3. The molecule has 96 valence electrons. The van der Waals surface area contributed by atoms with Crippen molar-refractivity contribution in [3.8, 4) is 0 Å². The van der Waals surface area contributed by atoms with E-state index in [0.717, 1.165) is 0 Å². The Hall–Kier alpha value is -1.04. The quantitative estimate of drug-likeness (QED) is 0.887. The van der Waals surface area contributed by atoms with Gasteiger partial charge in [-0.25, -0.2) is 8.78 Å². The number of nitrogens with two attached hydrogens (primary N) is 1. The van der Waals surface area contributed by atoms with E-state index in [1.54, 1.807) is 0 Å². The summed E-state index contributed by atoms with van der Waals surface area (Å²) in [5.74, 6) is -1.50.